The highest BCUT2D eigenvalue weighted by Gasteiger charge is 2.46. The molecule has 1 atom stereocenters. The molecule has 1 saturated carbocycles. The summed E-state index contributed by atoms with van der Waals surface area (Å²) >= 11 is 0. The van der Waals surface area contributed by atoms with Crippen molar-refractivity contribution >= 4 is 10.8 Å². The first-order valence-corrected chi connectivity index (χ1v) is 6.13. The molecule has 1 aliphatic rings. The number of rotatable bonds is 3. The molecule has 0 bridgehead atoms. The van der Waals surface area contributed by atoms with E-state index in [0.717, 1.165) is 29.2 Å². The lowest BCUT2D eigenvalue weighted by Gasteiger charge is -2.25. The zero-order valence-electron chi connectivity index (χ0n) is 9.70. The molecule has 0 saturated heterocycles. The summed E-state index contributed by atoms with van der Waals surface area (Å²) in [6, 6.07) is 13.8. The Hall–Kier alpha value is -1.41. The monoisotopic (exact) mass is 229 g/mol. The van der Waals surface area contributed by atoms with Crippen LogP contribution < -0.4 is 5.73 Å². The van der Waals surface area contributed by atoms with Crippen LogP contribution in [0.1, 0.15) is 18.4 Å². The summed E-state index contributed by atoms with van der Waals surface area (Å²) in [5.41, 5.74) is 5.11. The molecule has 2 heteroatoms. The molecule has 1 aliphatic carbocycles. The molecule has 1 unspecified atom stereocenters. The van der Waals surface area contributed by atoms with E-state index in [1.807, 2.05) is 42.5 Å². The molecule has 0 radical (unpaired) electrons. The molecule has 0 amide bonds. The van der Waals surface area contributed by atoms with Gasteiger partial charge in [0.15, 0.2) is 5.67 Å². The molecule has 2 aromatic rings. The third-order valence-corrected chi connectivity index (χ3v) is 3.76. The quantitative estimate of drug-likeness (QED) is 0.858. The molecule has 17 heavy (non-hydrogen) atoms. The van der Waals surface area contributed by atoms with Crippen molar-refractivity contribution in [3.05, 3.63) is 48.0 Å². The molecule has 2 aromatic carbocycles. The highest BCUT2D eigenvalue weighted by Crippen LogP contribution is 2.49. The summed E-state index contributed by atoms with van der Waals surface area (Å²) in [6.07, 6.45) is 1.91. The number of hydrogen-bond donors (Lipinski definition) is 1. The van der Waals surface area contributed by atoms with Crippen LogP contribution >= 0.6 is 0 Å². The van der Waals surface area contributed by atoms with E-state index in [9.17, 15) is 0 Å². The first-order chi connectivity index (χ1) is 8.25. The number of benzene rings is 2. The Labute approximate surface area is 100 Å². The van der Waals surface area contributed by atoms with E-state index in [1.54, 1.807) is 0 Å². The van der Waals surface area contributed by atoms with Crippen LogP contribution in [-0.4, -0.2) is 6.54 Å². The molecule has 1 nitrogen and oxygen atoms in total. The van der Waals surface area contributed by atoms with Crippen LogP contribution in [0.3, 0.4) is 0 Å². The molecule has 0 aromatic heterocycles. The Kier molecular flexibility index (Phi) is 2.40. The van der Waals surface area contributed by atoms with E-state index in [2.05, 4.69) is 0 Å². The SMILES string of the molecule is NCC(F)(c1cccc2ccccc12)C1CC1. The van der Waals surface area contributed by atoms with E-state index in [1.165, 1.54) is 0 Å². The van der Waals surface area contributed by atoms with Gasteiger partial charge in [0.1, 0.15) is 0 Å². The van der Waals surface area contributed by atoms with Gasteiger partial charge in [-0.3, -0.25) is 0 Å². The van der Waals surface area contributed by atoms with Gasteiger partial charge in [-0.1, -0.05) is 42.5 Å². The van der Waals surface area contributed by atoms with Gasteiger partial charge in [-0.25, -0.2) is 4.39 Å². The van der Waals surface area contributed by atoms with Crippen molar-refractivity contribution in [3.63, 3.8) is 0 Å². The van der Waals surface area contributed by atoms with Crippen LogP contribution in [-0.2, 0) is 5.67 Å². The second-order valence-electron chi connectivity index (χ2n) is 4.87. The van der Waals surface area contributed by atoms with Gasteiger partial charge >= 0.3 is 0 Å². The molecule has 1 fully saturated rings. The summed E-state index contributed by atoms with van der Waals surface area (Å²) in [6.45, 7) is 0.0751. The highest BCUT2D eigenvalue weighted by atomic mass is 19.1. The third kappa shape index (κ3) is 1.64. The number of hydrogen-bond acceptors (Lipinski definition) is 1. The number of alkyl halides is 1. The van der Waals surface area contributed by atoms with Gasteiger partial charge in [0.25, 0.3) is 0 Å². The highest BCUT2D eigenvalue weighted by molar-refractivity contribution is 5.86. The summed E-state index contributed by atoms with van der Waals surface area (Å²) in [7, 11) is 0. The van der Waals surface area contributed by atoms with E-state index < -0.39 is 5.67 Å². The van der Waals surface area contributed by atoms with Crippen LogP contribution in [0.2, 0.25) is 0 Å². The van der Waals surface area contributed by atoms with Gasteiger partial charge in [-0.05, 0) is 35.1 Å². The van der Waals surface area contributed by atoms with E-state index >= 15 is 4.39 Å². The van der Waals surface area contributed by atoms with Crippen LogP contribution in [0.5, 0.6) is 0 Å². The first kappa shape index (κ1) is 10.7. The van der Waals surface area contributed by atoms with Crippen LogP contribution in [0.25, 0.3) is 10.8 Å². The Balaban J connectivity index is 2.22. The Bertz CT molecular complexity index is 542. The fourth-order valence-electron chi connectivity index (χ4n) is 2.63. The summed E-state index contributed by atoms with van der Waals surface area (Å²) in [5.74, 6) is 0.110. The lowest BCUT2D eigenvalue weighted by molar-refractivity contribution is 0.145. The van der Waals surface area contributed by atoms with Gasteiger partial charge in [0.05, 0.1) is 0 Å². The molecule has 2 N–H and O–H groups in total. The lowest BCUT2D eigenvalue weighted by Crippen LogP contribution is -2.32. The molecule has 0 heterocycles. The maximum Gasteiger partial charge on any atom is 0.151 e. The summed E-state index contributed by atoms with van der Waals surface area (Å²) in [4.78, 5) is 0. The Morgan fingerprint density at radius 1 is 1.12 bits per heavy atom. The maximum atomic E-state index is 15.0. The van der Waals surface area contributed by atoms with E-state index in [0.29, 0.717) is 0 Å². The standard InChI is InChI=1S/C15H16FN/c16-15(10-17,12-8-9-12)14-7-3-5-11-4-1-2-6-13(11)14/h1-7,12H,8-10,17H2. The van der Waals surface area contributed by atoms with Crippen molar-refractivity contribution in [3.8, 4) is 0 Å². The maximum absolute atomic E-state index is 15.0. The molecular weight excluding hydrogens is 213 g/mol. The molecule has 0 aliphatic heterocycles. The van der Waals surface area contributed by atoms with Gasteiger partial charge in [-0.15, -0.1) is 0 Å². The predicted octanol–water partition coefficient (Wildman–Crippen LogP) is 3.37. The van der Waals surface area contributed by atoms with Gasteiger partial charge in [-0.2, -0.15) is 0 Å². The number of fused-ring (bicyclic) bond motifs is 1. The zero-order valence-corrected chi connectivity index (χ0v) is 9.70. The zero-order chi connectivity index (χ0) is 11.9. The van der Waals surface area contributed by atoms with Gasteiger partial charge < -0.3 is 5.73 Å². The lowest BCUT2D eigenvalue weighted by atomic mass is 9.87. The minimum Gasteiger partial charge on any atom is -0.327 e. The van der Waals surface area contributed by atoms with E-state index in [-0.39, 0.29) is 12.5 Å². The van der Waals surface area contributed by atoms with Crippen molar-refractivity contribution < 1.29 is 4.39 Å². The van der Waals surface area contributed by atoms with Crippen LogP contribution in [0.15, 0.2) is 42.5 Å². The molecule has 88 valence electrons. The second kappa shape index (κ2) is 3.81. The smallest absolute Gasteiger partial charge is 0.151 e. The fraction of sp³-hybridized carbons (Fsp3) is 0.333. The minimum absolute atomic E-state index is 0.0751. The van der Waals surface area contributed by atoms with Gasteiger partial charge in [0.2, 0.25) is 0 Å². The second-order valence-corrected chi connectivity index (χ2v) is 4.87. The average Bonchev–Trinajstić information content (AvgIpc) is 3.22. The predicted molar refractivity (Wildman–Crippen MR) is 68.5 cm³/mol. The largest absolute Gasteiger partial charge is 0.327 e. The van der Waals surface area contributed by atoms with Gasteiger partial charge in [0, 0.05) is 6.54 Å². The van der Waals surface area contributed by atoms with Crippen molar-refractivity contribution in [2.75, 3.05) is 6.54 Å². The third-order valence-electron chi connectivity index (χ3n) is 3.76. The molecule has 0 spiro atoms. The summed E-state index contributed by atoms with van der Waals surface area (Å²) < 4.78 is 15.0. The van der Waals surface area contributed by atoms with Crippen molar-refractivity contribution in [2.24, 2.45) is 11.7 Å². The van der Waals surface area contributed by atoms with Crippen LogP contribution in [0.4, 0.5) is 4.39 Å². The molecule has 3 rings (SSSR count). The summed E-state index contributed by atoms with van der Waals surface area (Å²) in [5, 5.41) is 2.08. The topological polar surface area (TPSA) is 26.0 Å². The van der Waals surface area contributed by atoms with E-state index in [4.69, 9.17) is 5.73 Å². The first-order valence-electron chi connectivity index (χ1n) is 6.13. The average molecular weight is 229 g/mol. The van der Waals surface area contributed by atoms with Crippen molar-refractivity contribution in [1.82, 2.24) is 0 Å². The molecular formula is C15H16FN. The van der Waals surface area contributed by atoms with Crippen molar-refractivity contribution in [2.45, 2.75) is 18.5 Å². The number of halogens is 1. The fourth-order valence-corrected chi connectivity index (χ4v) is 2.63. The Morgan fingerprint density at radius 2 is 1.82 bits per heavy atom. The van der Waals surface area contributed by atoms with Crippen molar-refractivity contribution in [1.29, 1.82) is 0 Å². The number of nitrogens with two attached hydrogens (primary N) is 1. The normalized spacial score (nSPS) is 19.2. The van der Waals surface area contributed by atoms with Crippen LogP contribution in [0, 0.1) is 5.92 Å². The Morgan fingerprint density at radius 3 is 2.53 bits per heavy atom. The minimum atomic E-state index is -1.35.